The van der Waals surface area contributed by atoms with Crippen LogP contribution in [0, 0.1) is 5.82 Å². The first-order chi connectivity index (χ1) is 9.16. The van der Waals surface area contributed by atoms with Crippen LogP contribution in [0.25, 0.3) is 0 Å². The van der Waals surface area contributed by atoms with Gasteiger partial charge < -0.3 is 10.3 Å². The van der Waals surface area contributed by atoms with Gasteiger partial charge in [0, 0.05) is 0 Å². The van der Waals surface area contributed by atoms with Crippen molar-refractivity contribution in [2.24, 2.45) is 5.73 Å². The number of halogens is 1. The molecule has 1 aromatic carbocycles. The maximum absolute atomic E-state index is 13.7. The van der Waals surface area contributed by atoms with E-state index in [2.05, 4.69) is 0 Å². The van der Waals surface area contributed by atoms with E-state index in [0.29, 0.717) is 16.7 Å². The molecular formula is C14H20FNO3S. The fraction of sp³-hybridized carbons (Fsp3) is 0.500. The van der Waals surface area contributed by atoms with Gasteiger partial charge >= 0.3 is 0 Å². The molecule has 1 aromatic rings. The van der Waals surface area contributed by atoms with Crippen LogP contribution in [0.2, 0.25) is 0 Å². The Kier molecular flexibility index (Phi) is 5.42. The molecule has 0 heterocycles. The third kappa shape index (κ3) is 3.43. The van der Waals surface area contributed by atoms with E-state index >= 15 is 0 Å². The van der Waals surface area contributed by atoms with Gasteiger partial charge in [0.1, 0.15) is 5.82 Å². The lowest BCUT2D eigenvalue weighted by Gasteiger charge is -2.23. The second kappa shape index (κ2) is 6.45. The normalized spacial score (nSPS) is 14.6. The maximum Gasteiger partial charge on any atom is 0.240 e. The van der Waals surface area contributed by atoms with Gasteiger partial charge in [0.05, 0.1) is 0 Å². The molecule has 4 nitrogen and oxygen atoms in total. The quantitative estimate of drug-likeness (QED) is 0.821. The molecule has 0 aliphatic rings. The summed E-state index contributed by atoms with van der Waals surface area (Å²) in [7, 11) is 0. The molecule has 112 valence electrons. The molecule has 2 unspecified atom stereocenters. The summed E-state index contributed by atoms with van der Waals surface area (Å²) >= 11 is -2.44. The number of amides is 1. The second-order valence-electron chi connectivity index (χ2n) is 5.37. The van der Waals surface area contributed by atoms with Crippen molar-refractivity contribution < 1.29 is 17.9 Å². The number of nitrogens with two attached hydrogens (primary N) is 1. The van der Waals surface area contributed by atoms with Crippen molar-refractivity contribution in [3.05, 3.63) is 34.6 Å². The minimum absolute atomic E-state index is 0.0939. The van der Waals surface area contributed by atoms with Crippen LogP contribution in [-0.4, -0.2) is 14.7 Å². The highest BCUT2D eigenvalue weighted by molar-refractivity contribution is 7.80. The smallest absolute Gasteiger partial charge is 0.240 e. The lowest BCUT2D eigenvalue weighted by atomic mass is 9.86. The van der Waals surface area contributed by atoms with Crippen LogP contribution < -0.4 is 5.73 Å². The molecule has 0 saturated carbocycles. The van der Waals surface area contributed by atoms with E-state index in [4.69, 9.17) is 5.73 Å². The maximum atomic E-state index is 13.7. The molecule has 0 bridgehead atoms. The Morgan fingerprint density at radius 1 is 1.20 bits per heavy atom. The van der Waals surface area contributed by atoms with Crippen molar-refractivity contribution in [2.75, 3.05) is 0 Å². The number of rotatable bonds is 5. The molecule has 2 atom stereocenters. The third-order valence-corrected chi connectivity index (χ3v) is 4.05. The zero-order valence-electron chi connectivity index (χ0n) is 12.0. The van der Waals surface area contributed by atoms with Crippen LogP contribution in [0.1, 0.15) is 61.5 Å². The molecule has 1 rings (SSSR count). The van der Waals surface area contributed by atoms with Gasteiger partial charge in [-0.15, -0.1) is 0 Å². The van der Waals surface area contributed by atoms with Crippen molar-refractivity contribution in [3.63, 3.8) is 0 Å². The van der Waals surface area contributed by atoms with Gasteiger partial charge in [-0.25, -0.2) is 8.60 Å². The standard InChI is InChI=1S/C14H20FNO3S/c1-7(2)10-5-9(15)6-11(8(3)4)12(10)13(14(16)17)20(18)19/h5-8,13H,1-4H3,(H2,16,17)(H,18,19). The molecule has 0 aliphatic heterocycles. The van der Waals surface area contributed by atoms with Crippen LogP contribution in [0.4, 0.5) is 4.39 Å². The molecule has 6 heteroatoms. The first kappa shape index (κ1) is 16.8. The average Bonchev–Trinajstić information content (AvgIpc) is 2.29. The fourth-order valence-corrected chi connectivity index (χ4v) is 2.93. The van der Waals surface area contributed by atoms with Crippen LogP contribution in [-0.2, 0) is 15.9 Å². The van der Waals surface area contributed by atoms with Crippen molar-refractivity contribution in [2.45, 2.75) is 44.8 Å². The summed E-state index contributed by atoms with van der Waals surface area (Å²) in [4.78, 5) is 11.6. The minimum atomic E-state index is -2.44. The molecule has 20 heavy (non-hydrogen) atoms. The summed E-state index contributed by atoms with van der Waals surface area (Å²) in [6.45, 7) is 7.34. The number of hydrogen-bond donors (Lipinski definition) is 2. The Hall–Kier alpha value is -1.27. The lowest BCUT2D eigenvalue weighted by Crippen LogP contribution is -2.27. The van der Waals surface area contributed by atoms with E-state index in [1.54, 1.807) is 0 Å². The molecule has 0 aliphatic carbocycles. The van der Waals surface area contributed by atoms with Gasteiger partial charge in [-0.1, -0.05) is 27.7 Å². The zero-order chi connectivity index (χ0) is 15.6. The molecule has 0 radical (unpaired) electrons. The lowest BCUT2D eigenvalue weighted by molar-refractivity contribution is -0.117. The molecule has 0 spiro atoms. The first-order valence-corrected chi connectivity index (χ1v) is 7.56. The van der Waals surface area contributed by atoms with Gasteiger partial charge in [-0.3, -0.25) is 4.79 Å². The fourth-order valence-electron chi connectivity index (χ4n) is 2.26. The molecule has 0 fully saturated rings. The number of primary amides is 1. The zero-order valence-corrected chi connectivity index (χ0v) is 12.8. The van der Waals surface area contributed by atoms with Gasteiger partial charge in [0.2, 0.25) is 5.91 Å². The van der Waals surface area contributed by atoms with Gasteiger partial charge in [-0.05, 0) is 40.7 Å². The Balaban J connectivity index is 3.71. The number of benzene rings is 1. The van der Waals surface area contributed by atoms with Crippen LogP contribution in [0.3, 0.4) is 0 Å². The van der Waals surface area contributed by atoms with Crippen LogP contribution in [0.5, 0.6) is 0 Å². The average molecular weight is 301 g/mol. The van der Waals surface area contributed by atoms with E-state index in [1.807, 2.05) is 27.7 Å². The number of carbonyl (C=O) groups is 1. The topological polar surface area (TPSA) is 80.4 Å². The summed E-state index contributed by atoms with van der Waals surface area (Å²) in [6, 6.07) is 2.60. The molecular weight excluding hydrogens is 281 g/mol. The largest absolute Gasteiger partial charge is 0.368 e. The Bertz CT molecular complexity index is 500. The van der Waals surface area contributed by atoms with E-state index in [9.17, 15) is 17.9 Å². The van der Waals surface area contributed by atoms with Gasteiger partial charge in [0.25, 0.3) is 0 Å². The Morgan fingerprint density at radius 2 is 1.60 bits per heavy atom. The molecule has 1 amide bonds. The summed E-state index contributed by atoms with van der Waals surface area (Å²) in [5, 5.41) is -1.34. The number of hydrogen-bond acceptors (Lipinski definition) is 2. The van der Waals surface area contributed by atoms with Crippen molar-refractivity contribution in [3.8, 4) is 0 Å². The summed E-state index contributed by atoms with van der Waals surface area (Å²) in [5.41, 5.74) is 6.72. The SMILES string of the molecule is CC(C)c1cc(F)cc(C(C)C)c1C(C(N)=O)S(=O)O. The molecule has 0 saturated heterocycles. The Labute approximate surface area is 120 Å². The second-order valence-corrected chi connectivity index (χ2v) is 6.39. The van der Waals surface area contributed by atoms with Crippen molar-refractivity contribution >= 4 is 17.0 Å². The summed E-state index contributed by atoms with van der Waals surface area (Å²) in [6.07, 6.45) is 0. The molecule has 3 N–H and O–H groups in total. The van der Waals surface area contributed by atoms with E-state index in [-0.39, 0.29) is 11.8 Å². The van der Waals surface area contributed by atoms with E-state index in [0.717, 1.165) is 0 Å². The first-order valence-electron chi connectivity index (χ1n) is 6.39. The minimum Gasteiger partial charge on any atom is -0.368 e. The number of carbonyl (C=O) groups excluding carboxylic acids is 1. The van der Waals surface area contributed by atoms with Crippen LogP contribution >= 0.6 is 0 Å². The third-order valence-electron chi connectivity index (χ3n) is 3.18. The van der Waals surface area contributed by atoms with Crippen molar-refractivity contribution in [1.29, 1.82) is 0 Å². The predicted molar refractivity (Wildman–Crippen MR) is 77.3 cm³/mol. The highest BCUT2D eigenvalue weighted by Crippen LogP contribution is 2.35. The van der Waals surface area contributed by atoms with Gasteiger partial charge in [-0.2, -0.15) is 0 Å². The van der Waals surface area contributed by atoms with Gasteiger partial charge in [0.15, 0.2) is 16.3 Å². The highest BCUT2D eigenvalue weighted by atomic mass is 32.2. The summed E-state index contributed by atoms with van der Waals surface area (Å²) < 4.78 is 34.6. The Morgan fingerprint density at radius 3 is 1.85 bits per heavy atom. The highest BCUT2D eigenvalue weighted by Gasteiger charge is 2.31. The van der Waals surface area contributed by atoms with Crippen LogP contribution in [0.15, 0.2) is 12.1 Å². The predicted octanol–water partition coefficient (Wildman–Crippen LogP) is 2.82. The van der Waals surface area contributed by atoms with E-state index in [1.165, 1.54) is 12.1 Å². The van der Waals surface area contributed by atoms with E-state index < -0.39 is 28.1 Å². The van der Waals surface area contributed by atoms with Crippen molar-refractivity contribution in [1.82, 2.24) is 0 Å². The molecule has 0 aromatic heterocycles. The summed E-state index contributed by atoms with van der Waals surface area (Å²) in [5.74, 6) is -1.50. The monoisotopic (exact) mass is 301 g/mol.